The number of halogens is 2. The summed E-state index contributed by atoms with van der Waals surface area (Å²) in [5, 5.41) is 9.53. The highest BCUT2D eigenvalue weighted by Crippen LogP contribution is 2.41. The van der Waals surface area contributed by atoms with Gasteiger partial charge in [0.15, 0.2) is 11.9 Å². The summed E-state index contributed by atoms with van der Waals surface area (Å²) < 4.78 is 58.7. The Morgan fingerprint density at radius 2 is 1.56 bits per heavy atom. The van der Waals surface area contributed by atoms with Crippen molar-refractivity contribution in [3.8, 4) is 0 Å². The van der Waals surface area contributed by atoms with Gasteiger partial charge in [-0.3, -0.25) is 4.52 Å². The molecule has 0 aliphatic carbocycles. The van der Waals surface area contributed by atoms with Crippen molar-refractivity contribution in [1.82, 2.24) is 0 Å². The van der Waals surface area contributed by atoms with Gasteiger partial charge in [-0.15, -0.1) is 0 Å². The van der Waals surface area contributed by atoms with Gasteiger partial charge in [0.2, 0.25) is 5.76 Å². The van der Waals surface area contributed by atoms with Crippen LogP contribution >= 0.6 is 7.82 Å². The van der Waals surface area contributed by atoms with E-state index in [-0.39, 0.29) is 19.0 Å². The molecule has 0 radical (unpaired) electrons. The number of phosphoric acid groups is 1. The van der Waals surface area contributed by atoms with Gasteiger partial charge in [-0.25, -0.2) is 18.1 Å². The maximum Gasteiger partial charge on any atom is 0.470 e. The van der Waals surface area contributed by atoms with Crippen molar-refractivity contribution in [2.75, 3.05) is 6.61 Å². The third-order valence-corrected chi connectivity index (χ3v) is 4.79. The van der Waals surface area contributed by atoms with Gasteiger partial charge in [0.25, 0.3) is 0 Å². The first-order chi connectivity index (χ1) is 15.2. The third kappa shape index (κ3) is 6.35. The number of rotatable bonds is 10. The molecule has 0 bridgehead atoms. The van der Waals surface area contributed by atoms with Crippen LogP contribution in [-0.4, -0.2) is 39.7 Å². The van der Waals surface area contributed by atoms with Crippen molar-refractivity contribution in [3.05, 3.63) is 82.8 Å². The van der Waals surface area contributed by atoms with Crippen molar-refractivity contribution in [1.29, 1.82) is 0 Å². The molecule has 0 saturated carbocycles. The maximum absolute atomic E-state index is 13.5. The molecule has 1 aliphatic heterocycles. The van der Waals surface area contributed by atoms with Gasteiger partial charge in [0, 0.05) is 0 Å². The molecule has 2 unspecified atom stereocenters. The van der Waals surface area contributed by atoms with Crippen molar-refractivity contribution >= 4 is 13.8 Å². The first-order valence-electron chi connectivity index (χ1n) is 9.20. The van der Waals surface area contributed by atoms with Crippen LogP contribution in [0.1, 0.15) is 11.1 Å². The first-order valence-corrected chi connectivity index (χ1v) is 10.7. The highest BCUT2D eigenvalue weighted by Gasteiger charge is 2.45. The lowest BCUT2D eigenvalue weighted by atomic mass is 10.1. The molecule has 0 saturated heterocycles. The predicted molar refractivity (Wildman–Crippen MR) is 103 cm³/mol. The first kappa shape index (κ1) is 23.8. The van der Waals surface area contributed by atoms with Gasteiger partial charge in [-0.2, -0.15) is 0 Å². The number of carbonyl (C=O) groups excluding carboxylic acids is 1. The Balaban J connectivity index is 1.88. The van der Waals surface area contributed by atoms with E-state index < -0.39 is 50.0 Å². The second-order valence-electron chi connectivity index (χ2n) is 6.67. The molecule has 3 rings (SSSR count). The number of benzene rings is 2. The van der Waals surface area contributed by atoms with Gasteiger partial charge >= 0.3 is 13.8 Å². The molecule has 12 heteroatoms. The summed E-state index contributed by atoms with van der Waals surface area (Å²) in [6, 6.07) is 10.8. The van der Waals surface area contributed by atoms with E-state index in [1.165, 1.54) is 36.4 Å². The van der Waals surface area contributed by atoms with Crippen LogP contribution in [0.3, 0.4) is 0 Å². The summed E-state index contributed by atoms with van der Waals surface area (Å²) in [5.74, 6) is -2.87. The summed E-state index contributed by atoms with van der Waals surface area (Å²) >= 11 is 0. The number of aliphatic hydroxyl groups excluding tert-OH is 1. The molecule has 2 atom stereocenters. The van der Waals surface area contributed by atoms with Crippen LogP contribution in [0.2, 0.25) is 0 Å². The van der Waals surface area contributed by atoms with Crippen molar-refractivity contribution < 1.29 is 51.8 Å². The normalized spacial score (nSPS) is 17.3. The second-order valence-corrected chi connectivity index (χ2v) is 7.87. The smallest absolute Gasteiger partial charge is 0.470 e. The molecule has 2 aromatic carbocycles. The lowest BCUT2D eigenvalue weighted by molar-refractivity contribution is -0.148. The highest BCUT2D eigenvalue weighted by molar-refractivity contribution is 7.46. The second kappa shape index (κ2) is 10.2. The largest absolute Gasteiger partial charge is 0.485 e. The van der Waals surface area contributed by atoms with Crippen LogP contribution in [0.5, 0.6) is 0 Å². The number of ether oxygens (including phenoxy) is 3. The average molecular weight is 472 g/mol. The molecule has 0 aromatic heterocycles. The molecule has 0 spiro atoms. The predicted octanol–water partition coefficient (Wildman–Crippen LogP) is 2.31. The van der Waals surface area contributed by atoms with Crippen LogP contribution in [0.15, 0.2) is 60.0 Å². The Morgan fingerprint density at radius 3 is 2.06 bits per heavy atom. The molecule has 0 amide bonds. The fourth-order valence-electron chi connectivity index (χ4n) is 2.91. The maximum atomic E-state index is 13.5. The minimum atomic E-state index is -5.07. The third-order valence-electron chi connectivity index (χ3n) is 4.25. The minimum absolute atomic E-state index is 0.259. The van der Waals surface area contributed by atoms with E-state index in [4.69, 9.17) is 24.0 Å². The average Bonchev–Trinajstić information content (AvgIpc) is 3.03. The van der Waals surface area contributed by atoms with Crippen LogP contribution in [-0.2, 0) is 41.3 Å². The van der Waals surface area contributed by atoms with Crippen molar-refractivity contribution in [3.63, 3.8) is 0 Å². The quantitative estimate of drug-likeness (QED) is 0.352. The SMILES string of the molecule is O=C1OC(C(CO)OP(=O)(O)O)C(OCc2cccc(F)c2)=C1OCc1cccc(F)c1. The molecule has 3 N–H and O–H groups in total. The fraction of sp³-hybridized carbons (Fsp3) is 0.250. The van der Waals surface area contributed by atoms with Crippen molar-refractivity contribution in [2.24, 2.45) is 0 Å². The standard InChI is InChI=1S/C20H19F2O9P/c21-14-5-1-3-12(7-14)10-28-18-17(16(9-23)31-32(25,26)27)30-20(24)19(18)29-11-13-4-2-6-15(22)8-13/h1-8,16-17,23H,9-11H2,(H2,25,26,27). The van der Waals surface area contributed by atoms with E-state index in [1.54, 1.807) is 12.1 Å². The van der Waals surface area contributed by atoms with Crippen LogP contribution in [0.25, 0.3) is 0 Å². The number of phosphoric ester groups is 1. The summed E-state index contributed by atoms with van der Waals surface area (Å²) in [6.07, 6.45) is -3.24. The molecular weight excluding hydrogens is 453 g/mol. The monoisotopic (exact) mass is 472 g/mol. The summed E-state index contributed by atoms with van der Waals surface area (Å²) in [6.45, 7) is -1.46. The topological polar surface area (TPSA) is 132 Å². The number of carbonyl (C=O) groups is 1. The lowest BCUT2D eigenvalue weighted by Crippen LogP contribution is -2.34. The zero-order chi connectivity index (χ0) is 23.3. The Morgan fingerprint density at radius 1 is 1.00 bits per heavy atom. The number of esters is 1. The van der Waals surface area contributed by atoms with E-state index in [9.17, 15) is 23.2 Å². The number of cyclic esters (lactones) is 1. The molecular formula is C20H19F2O9P. The Bertz CT molecular complexity index is 1050. The molecule has 1 heterocycles. The van der Waals surface area contributed by atoms with E-state index in [0.717, 1.165) is 0 Å². The van der Waals surface area contributed by atoms with Crippen LogP contribution in [0.4, 0.5) is 8.78 Å². The lowest BCUT2D eigenvalue weighted by Gasteiger charge is -2.23. The van der Waals surface area contributed by atoms with Gasteiger partial charge in [-0.05, 0) is 35.4 Å². The number of hydrogen-bond acceptors (Lipinski definition) is 7. The Kier molecular flexibility index (Phi) is 7.60. The summed E-state index contributed by atoms with van der Waals surface area (Å²) in [4.78, 5) is 30.6. The van der Waals surface area contributed by atoms with Gasteiger partial charge in [0.05, 0.1) is 6.61 Å². The van der Waals surface area contributed by atoms with Crippen molar-refractivity contribution in [2.45, 2.75) is 25.4 Å². The zero-order valence-corrected chi connectivity index (χ0v) is 17.3. The van der Waals surface area contributed by atoms with Crippen LogP contribution < -0.4 is 0 Å². The molecule has 2 aromatic rings. The minimum Gasteiger partial charge on any atom is -0.485 e. The zero-order valence-electron chi connectivity index (χ0n) is 16.4. The van der Waals surface area contributed by atoms with Crippen LogP contribution in [0, 0.1) is 11.6 Å². The Labute approximate surface area is 181 Å². The molecule has 172 valence electrons. The molecule has 32 heavy (non-hydrogen) atoms. The molecule has 0 fully saturated rings. The summed E-state index contributed by atoms with van der Waals surface area (Å²) in [5.41, 5.74) is 0.750. The highest BCUT2D eigenvalue weighted by atomic mass is 31.2. The fourth-order valence-corrected chi connectivity index (χ4v) is 3.44. The van der Waals surface area contributed by atoms with Gasteiger partial charge in [-0.1, -0.05) is 24.3 Å². The Hall–Kier alpha value is -2.82. The molecule has 9 nitrogen and oxygen atoms in total. The molecule has 1 aliphatic rings. The van der Waals surface area contributed by atoms with E-state index in [0.29, 0.717) is 11.1 Å². The number of hydrogen-bond donors (Lipinski definition) is 3. The van der Waals surface area contributed by atoms with Gasteiger partial charge in [0.1, 0.15) is 31.0 Å². The van der Waals surface area contributed by atoms with Gasteiger partial charge < -0.3 is 29.1 Å². The van der Waals surface area contributed by atoms with E-state index >= 15 is 0 Å². The number of aliphatic hydroxyl groups is 1. The summed E-state index contributed by atoms with van der Waals surface area (Å²) in [7, 11) is -5.07. The van der Waals surface area contributed by atoms with E-state index in [2.05, 4.69) is 4.52 Å². The van der Waals surface area contributed by atoms with E-state index in [1.807, 2.05) is 0 Å².